The number of aromatic carboxylic acids is 1. The SMILES string of the molecule is CCS(=O)(=O)c1cc(C(=O)O)c(OC)cc1N=C(N)N=C(N)N. The molecule has 0 unspecified atom stereocenters. The van der Waals surface area contributed by atoms with Crippen LogP contribution in [0.2, 0.25) is 0 Å². The Hall–Kier alpha value is -2.82. The Bertz CT molecular complexity index is 781. The third kappa shape index (κ3) is 4.32. The van der Waals surface area contributed by atoms with Crippen LogP contribution in [0.5, 0.6) is 5.75 Å². The zero-order valence-electron chi connectivity index (χ0n) is 12.5. The van der Waals surface area contributed by atoms with E-state index < -0.39 is 15.8 Å². The minimum atomic E-state index is -3.78. The van der Waals surface area contributed by atoms with Gasteiger partial charge in [0.1, 0.15) is 11.3 Å². The van der Waals surface area contributed by atoms with Gasteiger partial charge in [-0.25, -0.2) is 18.2 Å². The fraction of sp³-hybridized carbons (Fsp3) is 0.250. The maximum absolute atomic E-state index is 12.2. The molecule has 23 heavy (non-hydrogen) atoms. The summed E-state index contributed by atoms with van der Waals surface area (Å²) in [7, 11) is -2.54. The smallest absolute Gasteiger partial charge is 0.339 e. The van der Waals surface area contributed by atoms with Gasteiger partial charge < -0.3 is 27.0 Å². The number of sulfone groups is 1. The molecule has 126 valence electrons. The van der Waals surface area contributed by atoms with Gasteiger partial charge in [-0.1, -0.05) is 6.92 Å². The number of nitrogens with zero attached hydrogens (tertiary/aromatic N) is 2. The number of benzene rings is 1. The van der Waals surface area contributed by atoms with Crippen LogP contribution in [0.1, 0.15) is 17.3 Å². The van der Waals surface area contributed by atoms with Crippen LogP contribution in [0, 0.1) is 0 Å². The predicted octanol–water partition coefficient (Wildman–Crippen LogP) is -0.593. The van der Waals surface area contributed by atoms with E-state index in [9.17, 15) is 13.2 Å². The third-order valence-electron chi connectivity index (χ3n) is 2.71. The molecular weight excluding hydrogens is 326 g/mol. The second kappa shape index (κ2) is 6.96. The molecule has 0 fully saturated rings. The topological polar surface area (TPSA) is 183 Å². The molecule has 0 saturated heterocycles. The van der Waals surface area contributed by atoms with E-state index in [-0.39, 0.29) is 39.6 Å². The molecule has 0 aliphatic carbocycles. The first-order valence-electron chi connectivity index (χ1n) is 6.24. The van der Waals surface area contributed by atoms with Crippen LogP contribution in [-0.4, -0.2) is 44.3 Å². The minimum Gasteiger partial charge on any atom is -0.496 e. The van der Waals surface area contributed by atoms with E-state index in [1.165, 1.54) is 14.0 Å². The molecule has 0 bridgehead atoms. The number of nitrogens with two attached hydrogens (primary N) is 3. The van der Waals surface area contributed by atoms with E-state index in [2.05, 4.69) is 9.98 Å². The molecule has 10 nitrogen and oxygen atoms in total. The van der Waals surface area contributed by atoms with Gasteiger partial charge in [0.2, 0.25) is 5.96 Å². The van der Waals surface area contributed by atoms with Gasteiger partial charge >= 0.3 is 5.97 Å². The third-order valence-corrected chi connectivity index (χ3v) is 4.46. The predicted molar refractivity (Wildman–Crippen MR) is 84.8 cm³/mol. The molecule has 7 N–H and O–H groups in total. The van der Waals surface area contributed by atoms with Gasteiger partial charge in [0.25, 0.3) is 0 Å². The van der Waals surface area contributed by atoms with Gasteiger partial charge in [0, 0.05) is 6.07 Å². The first kappa shape index (κ1) is 18.2. The first-order valence-corrected chi connectivity index (χ1v) is 7.89. The number of rotatable bonds is 5. The molecule has 0 heterocycles. The normalized spacial score (nSPS) is 11.8. The van der Waals surface area contributed by atoms with Crippen molar-refractivity contribution in [1.82, 2.24) is 0 Å². The highest BCUT2D eigenvalue weighted by atomic mass is 32.2. The second-order valence-electron chi connectivity index (χ2n) is 4.24. The molecule has 1 aromatic rings. The average molecular weight is 343 g/mol. The van der Waals surface area contributed by atoms with Crippen molar-refractivity contribution in [1.29, 1.82) is 0 Å². The van der Waals surface area contributed by atoms with Gasteiger partial charge in [-0.05, 0) is 6.07 Å². The lowest BCUT2D eigenvalue weighted by molar-refractivity contribution is 0.0693. The monoisotopic (exact) mass is 343 g/mol. The largest absolute Gasteiger partial charge is 0.496 e. The zero-order valence-corrected chi connectivity index (χ0v) is 13.3. The Balaban J connectivity index is 3.73. The number of carboxylic acids is 1. The maximum Gasteiger partial charge on any atom is 0.339 e. The molecule has 0 aliphatic heterocycles. The molecular formula is C12H17N5O5S. The lowest BCUT2D eigenvalue weighted by atomic mass is 10.2. The summed E-state index contributed by atoms with van der Waals surface area (Å²) in [6.45, 7) is 1.41. The highest BCUT2D eigenvalue weighted by Gasteiger charge is 2.23. The van der Waals surface area contributed by atoms with Gasteiger partial charge in [-0.2, -0.15) is 4.99 Å². The van der Waals surface area contributed by atoms with E-state index in [4.69, 9.17) is 27.0 Å². The number of methoxy groups -OCH3 is 1. The summed E-state index contributed by atoms with van der Waals surface area (Å²) >= 11 is 0. The quantitative estimate of drug-likeness (QED) is 0.403. The molecule has 11 heteroatoms. The molecule has 0 amide bonds. The summed E-state index contributed by atoms with van der Waals surface area (Å²) in [6, 6.07) is 2.10. The number of carbonyl (C=O) groups is 1. The van der Waals surface area contributed by atoms with Crippen molar-refractivity contribution in [3.8, 4) is 5.75 Å². The van der Waals surface area contributed by atoms with Crippen molar-refractivity contribution in [3.05, 3.63) is 17.7 Å². The van der Waals surface area contributed by atoms with Crippen LogP contribution in [0.15, 0.2) is 27.0 Å². The Morgan fingerprint density at radius 2 is 1.91 bits per heavy atom. The molecule has 0 spiro atoms. The summed E-state index contributed by atoms with van der Waals surface area (Å²) in [5.74, 6) is -2.43. The summed E-state index contributed by atoms with van der Waals surface area (Å²) in [5, 5.41) is 9.16. The molecule has 0 atom stereocenters. The van der Waals surface area contributed by atoms with Crippen LogP contribution in [-0.2, 0) is 9.84 Å². The number of aliphatic imine (C=N–C) groups is 2. The number of hydrogen-bond acceptors (Lipinski definition) is 5. The van der Waals surface area contributed by atoms with E-state index >= 15 is 0 Å². The van der Waals surface area contributed by atoms with Gasteiger partial charge in [0.05, 0.1) is 23.4 Å². The maximum atomic E-state index is 12.2. The summed E-state index contributed by atoms with van der Waals surface area (Å²) in [5.41, 5.74) is 15.4. The Labute approximate surface area is 132 Å². The second-order valence-corrected chi connectivity index (χ2v) is 6.48. The summed E-state index contributed by atoms with van der Waals surface area (Å²) < 4.78 is 29.3. The van der Waals surface area contributed by atoms with E-state index in [0.717, 1.165) is 12.1 Å². The Morgan fingerprint density at radius 1 is 1.30 bits per heavy atom. The number of ether oxygens (including phenoxy) is 1. The molecule has 0 radical (unpaired) electrons. The Kier molecular flexibility index (Phi) is 5.52. The highest BCUT2D eigenvalue weighted by Crippen LogP contribution is 2.33. The fourth-order valence-electron chi connectivity index (χ4n) is 1.66. The van der Waals surface area contributed by atoms with Crippen LogP contribution in [0.3, 0.4) is 0 Å². The van der Waals surface area contributed by atoms with Gasteiger partial charge in [0.15, 0.2) is 15.8 Å². The average Bonchev–Trinajstić information content (AvgIpc) is 2.45. The molecule has 1 rings (SSSR count). The number of hydrogen-bond donors (Lipinski definition) is 4. The minimum absolute atomic E-state index is 0.0798. The molecule has 0 saturated carbocycles. The standard InChI is InChI=1S/C12H17N5O5S/c1-3-23(20,21)9-4-6(10(18)19)8(22-2)5-7(9)16-12(15)17-11(13)14/h4-5H,3H2,1-2H3,(H,18,19)(H6,13,14,15,16,17). The van der Waals surface area contributed by atoms with Crippen LogP contribution >= 0.6 is 0 Å². The lowest BCUT2D eigenvalue weighted by Crippen LogP contribution is -2.26. The van der Waals surface area contributed by atoms with Crippen LogP contribution in [0.25, 0.3) is 0 Å². The van der Waals surface area contributed by atoms with Crippen LogP contribution < -0.4 is 21.9 Å². The molecule has 0 aliphatic rings. The molecule has 1 aromatic carbocycles. The van der Waals surface area contributed by atoms with E-state index in [1.54, 1.807) is 0 Å². The van der Waals surface area contributed by atoms with Crippen molar-refractivity contribution >= 4 is 33.4 Å². The van der Waals surface area contributed by atoms with E-state index in [1.807, 2.05) is 0 Å². The van der Waals surface area contributed by atoms with Crippen molar-refractivity contribution in [3.63, 3.8) is 0 Å². The van der Waals surface area contributed by atoms with Crippen molar-refractivity contribution in [2.24, 2.45) is 27.2 Å². The highest BCUT2D eigenvalue weighted by molar-refractivity contribution is 7.91. The molecule has 0 aromatic heterocycles. The number of guanidine groups is 2. The number of carboxylic acid groups (broad SMARTS) is 1. The van der Waals surface area contributed by atoms with E-state index in [0.29, 0.717) is 0 Å². The van der Waals surface area contributed by atoms with Crippen LogP contribution in [0.4, 0.5) is 5.69 Å². The van der Waals surface area contributed by atoms with Gasteiger partial charge in [-0.3, -0.25) is 0 Å². The Morgan fingerprint density at radius 3 is 2.35 bits per heavy atom. The summed E-state index contributed by atoms with van der Waals surface area (Å²) in [4.78, 5) is 18.2. The van der Waals surface area contributed by atoms with Crippen molar-refractivity contribution in [2.45, 2.75) is 11.8 Å². The van der Waals surface area contributed by atoms with Crippen molar-refractivity contribution in [2.75, 3.05) is 12.9 Å². The summed E-state index contributed by atoms with van der Waals surface area (Å²) in [6.07, 6.45) is 0. The van der Waals surface area contributed by atoms with Gasteiger partial charge in [-0.15, -0.1) is 0 Å². The van der Waals surface area contributed by atoms with Crippen molar-refractivity contribution < 1.29 is 23.1 Å². The zero-order chi connectivity index (χ0) is 17.8. The fourth-order valence-corrected chi connectivity index (χ4v) is 2.69. The first-order chi connectivity index (χ1) is 10.6. The lowest BCUT2D eigenvalue weighted by Gasteiger charge is -2.11.